The average Bonchev–Trinajstić information content (AvgIpc) is 2.51. The van der Waals surface area contributed by atoms with Crippen LogP contribution in [-0.2, 0) is 0 Å². The predicted octanol–water partition coefficient (Wildman–Crippen LogP) is 2.70. The van der Waals surface area contributed by atoms with Gasteiger partial charge in [-0.3, -0.25) is 0 Å². The third-order valence-electron chi connectivity index (χ3n) is 2.99. The van der Waals surface area contributed by atoms with Crippen LogP contribution in [0, 0.1) is 5.82 Å². The molecule has 0 radical (unpaired) electrons. The molecule has 2 rings (SSSR count). The normalized spacial score (nSPS) is 12.0. The van der Waals surface area contributed by atoms with E-state index in [1.54, 1.807) is 19.2 Å². The molecular formula is C14H15BrFN3O2. The van der Waals surface area contributed by atoms with Gasteiger partial charge in [0.15, 0.2) is 0 Å². The number of nitrogens with zero attached hydrogens (tertiary/aromatic N) is 2. The second-order valence-corrected chi connectivity index (χ2v) is 5.06. The summed E-state index contributed by atoms with van der Waals surface area (Å²) in [5.41, 5.74) is 1.28. The molecule has 1 aromatic heterocycles. The van der Waals surface area contributed by atoms with Gasteiger partial charge in [0.2, 0.25) is 11.8 Å². The monoisotopic (exact) mass is 355 g/mol. The van der Waals surface area contributed by atoms with Crippen LogP contribution in [0.15, 0.2) is 28.9 Å². The van der Waals surface area contributed by atoms with Gasteiger partial charge in [-0.05, 0) is 40.7 Å². The summed E-state index contributed by atoms with van der Waals surface area (Å²) in [6.07, 6.45) is 1.50. The van der Waals surface area contributed by atoms with Crippen molar-refractivity contribution in [3.63, 3.8) is 0 Å². The van der Waals surface area contributed by atoms with Gasteiger partial charge in [-0.25, -0.2) is 9.37 Å². The minimum atomic E-state index is -0.346. The Balaban J connectivity index is 2.47. The number of methoxy groups -OCH3 is 2. The Kier molecular flexibility index (Phi) is 5.08. The summed E-state index contributed by atoms with van der Waals surface area (Å²) in [4.78, 5) is 8.50. The molecule has 1 N–H and O–H groups in total. The van der Waals surface area contributed by atoms with Crippen LogP contribution in [0.4, 0.5) is 4.39 Å². The molecule has 5 nitrogen and oxygen atoms in total. The Hall–Kier alpha value is -1.73. The van der Waals surface area contributed by atoms with E-state index >= 15 is 0 Å². The van der Waals surface area contributed by atoms with Crippen molar-refractivity contribution in [3.8, 4) is 11.8 Å². The highest BCUT2D eigenvalue weighted by atomic mass is 79.9. The molecule has 0 bridgehead atoms. The van der Waals surface area contributed by atoms with Gasteiger partial charge in [-0.15, -0.1) is 0 Å². The van der Waals surface area contributed by atoms with Crippen molar-refractivity contribution in [2.24, 2.45) is 0 Å². The molecule has 0 spiro atoms. The quantitative estimate of drug-likeness (QED) is 0.893. The number of aromatic nitrogens is 2. The fraction of sp³-hybridized carbons (Fsp3) is 0.286. The average molecular weight is 356 g/mol. The van der Waals surface area contributed by atoms with E-state index in [4.69, 9.17) is 9.47 Å². The van der Waals surface area contributed by atoms with E-state index in [2.05, 4.69) is 31.2 Å². The highest BCUT2D eigenvalue weighted by Crippen LogP contribution is 2.29. The Labute approximate surface area is 130 Å². The number of rotatable bonds is 5. The molecule has 7 heteroatoms. The summed E-state index contributed by atoms with van der Waals surface area (Å²) in [5.74, 6) is 0.345. The second-order valence-electron chi connectivity index (χ2n) is 4.20. The van der Waals surface area contributed by atoms with Crippen LogP contribution in [0.25, 0.3) is 0 Å². The lowest BCUT2D eigenvalue weighted by Gasteiger charge is -2.18. The molecule has 0 saturated heterocycles. The van der Waals surface area contributed by atoms with Gasteiger partial charge in [0.1, 0.15) is 11.5 Å². The minimum Gasteiger partial charge on any atom is -0.480 e. The van der Waals surface area contributed by atoms with E-state index in [9.17, 15) is 4.39 Å². The first-order chi connectivity index (χ1) is 10.1. The molecule has 0 aliphatic heterocycles. The largest absolute Gasteiger partial charge is 0.480 e. The van der Waals surface area contributed by atoms with E-state index in [1.807, 2.05) is 0 Å². The smallest absolute Gasteiger partial charge is 0.240 e. The molecule has 112 valence electrons. The molecule has 21 heavy (non-hydrogen) atoms. The topological polar surface area (TPSA) is 56.3 Å². The van der Waals surface area contributed by atoms with Crippen LogP contribution in [0.2, 0.25) is 0 Å². The number of nitrogens with one attached hydrogen (secondary N) is 1. The molecule has 2 aromatic rings. The number of hydrogen-bond acceptors (Lipinski definition) is 5. The predicted molar refractivity (Wildman–Crippen MR) is 80.1 cm³/mol. The minimum absolute atomic E-state index is 0.331. The SMILES string of the molecule is CNC(c1ccc(Br)c(F)c1)c1ncc(OC)nc1OC. The van der Waals surface area contributed by atoms with Crippen molar-refractivity contribution in [3.05, 3.63) is 45.9 Å². The highest BCUT2D eigenvalue weighted by molar-refractivity contribution is 9.10. The molecule has 1 unspecified atom stereocenters. The van der Waals surface area contributed by atoms with E-state index in [-0.39, 0.29) is 11.9 Å². The van der Waals surface area contributed by atoms with Crippen molar-refractivity contribution < 1.29 is 13.9 Å². The summed E-state index contributed by atoms with van der Waals surface area (Å²) in [7, 11) is 4.76. The summed E-state index contributed by atoms with van der Waals surface area (Å²) in [5, 5.41) is 3.09. The summed E-state index contributed by atoms with van der Waals surface area (Å²) >= 11 is 3.14. The zero-order valence-corrected chi connectivity index (χ0v) is 13.4. The van der Waals surface area contributed by atoms with Gasteiger partial charge in [0.25, 0.3) is 0 Å². The third kappa shape index (κ3) is 3.30. The van der Waals surface area contributed by atoms with Crippen LogP contribution < -0.4 is 14.8 Å². The van der Waals surface area contributed by atoms with Crippen LogP contribution in [-0.4, -0.2) is 31.2 Å². The highest BCUT2D eigenvalue weighted by Gasteiger charge is 2.21. The molecule has 0 aliphatic rings. The van der Waals surface area contributed by atoms with Crippen molar-refractivity contribution in [1.29, 1.82) is 0 Å². The maximum Gasteiger partial charge on any atom is 0.240 e. The number of hydrogen-bond donors (Lipinski definition) is 1. The number of benzene rings is 1. The van der Waals surface area contributed by atoms with E-state index in [0.29, 0.717) is 21.9 Å². The van der Waals surface area contributed by atoms with Crippen molar-refractivity contribution in [2.75, 3.05) is 21.3 Å². The summed E-state index contributed by atoms with van der Waals surface area (Å²) in [6, 6.07) is 4.55. The van der Waals surface area contributed by atoms with E-state index in [0.717, 1.165) is 5.56 Å². The summed E-state index contributed by atoms with van der Waals surface area (Å²) in [6.45, 7) is 0. The van der Waals surface area contributed by atoms with Crippen molar-refractivity contribution in [2.45, 2.75) is 6.04 Å². The Morgan fingerprint density at radius 2 is 2.05 bits per heavy atom. The Bertz CT molecular complexity index is 640. The molecule has 1 atom stereocenters. The van der Waals surface area contributed by atoms with Gasteiger partial charge in [-0.2, -0.15) is 4.98 Å². The number of halogens is 2. The first-order valence-electron chi connectivity index (χ1n) is 6.17. The molecule has 1 heterocycles. The fourth-order valence-electron chi connectivity index (χ4n) is 1.97. The Morgan fingerprint density at radius 1 is 1.29 bits per heavy atom. The lowest BCUT2D eigenvalue weighted by atomic mass is 10.0. The third-order valence-corrected chi connectivity index (χ3v) is 3.63. The maximum atomic E-state index is 13.7. The first-order valence-corrected chi connectivity index (χ1v) is 6.97. The molecule has 1 aromatic carbocycles. The van der Waals surface area contributed by atoms with Gasteiger partial charge in [0, 0.05) is 0 Å². The van der Waals surface area contributed by atoms with Crippen LogP contribution in [0.1, 0.15) is 17.3 Å². The lowest BCUT2D eigenvalue weighted by molar-refractivity contribution is 0.353. The number of ether oxygens (including phenoxy) is 2. The molecule has 0 fully saturated rings. The molecule has 0 saturated carbocycles. The van der Waals surface area contributed by atoms with Crippen LogP contribution in [0.5, 0.6) is 11.8 Å². The van der Waals surface area contributed by atoms with Gasteiger partial charge < -0.3 is 14.8 Å². The molecule has 0 amide bonds. The van der Waals surface area contributed by atoms with Crippen LogP contribution in [0.3, 0.4) is 0 Å². The van der Waals surface area contributed by atoms with Crippen LogP contribution >= 0.6 is 15.9 Å². The van der Waals surface area contributed by atoms with Gasteiger partial charge in [-0.1, -0.05) is 6.07 Å². The van der Waals surface area contributed by atoms with Gasteiger partial charge >= 0.3 is 0 Å². The Morgan fingerprint density at radius 3 is 2.62 bits per heavy atom. The van der Waals surface area contributed by atoms with E-state index < -0.39 is 0 Å². The first kappa shape index (κ1) is 15.7. The fourth-order valence-corrected chi connectivity index (χ4v) is 2.21. The lowest BCUT2D eigenvalue weighted by Crippen LogP contribution is -2.20. The van der Waals surface area contributed by atoms with Crippen molar-refractivity contribution >= 4 is 15.9 Å². The zero-order chi connectivity index (χ0) is 15.4. The second kappa shape index (κ2) is 6.82. The van der Waals surface area contributed by atoms with E-state index in [1.165, 1.54) is 26.5 Å². The van der Waals surface area contributed by atoms with Crippen molar-refractivity contribution in [1.82, 2.24) is 15.3 Å². The zero-order valence-electron chi connectivity index (χ0n) is 11.9. The van der Waals surface area contributed by atoms with Gasteiger partial charge in [0.05, 0.1) is 30.9 Å². The molecule has 0 aliphatic carbocycles. The standard InChI is InChI=1S/C14H15BrFN3O2/c1-17-12(8-4-5-9(15)10(16)6-8)13-14(21-3)19-11(20-2)7-18-13/h4-7,12,17H,1-3H3. The molecular weight excluding hydrogens is 341 g/mol. The maximum absolute atomic E-state index is 13.7. The summed E-state index contributed by atoms with van der Waals surface area (Å²) < 4.78 is 24.4.